The van der Waals surface area contributed by atoms with Crippen LogP contribution in [0.15, 0.2) is 0 Å². The summed E-state index contributed by atoms with van der Waals surface area (Å²) in [5.41, 5.74) is 0. The van der Waals surface area contributed by atoms with Crippen molar-refractivity contribution in [3.63, 3.8) is 0 Å². The third kappa shape index (κ3) is 2.50. The van der Waals surface area contributed by atoms with Crippen LogP contribution in [0.2, 0.25) is 0 Å². The molecule has 0 radical (unpaired) electrons. The van der Waals surface area contributed by atoms with Gasteiger partial charge in [0.05, 0.1) is 0 Å². The molecule has 1 aliphatic rings. The van der Waals surface area contributed by atoms with Gasteiger partial charge < -0.3 is 10.2 Å². The maximum atomic E-state index is 11.1. The molecule has 0 unspecified atom stereocenters. The first kappa shape index (κ1) is 8.53. The van der Waals surface area contributed by atoms with Crippen LogP contribution in [0.1, 0.15) is 19.3 Å². The fourth-order valence-corrected chi connectivity index (χ4v) is 1.36. The molecule has 0 spiro atoms. The summed E-state index contributed by atoms with van der Waals surface area (Å²) >= 11 is 0. The van der Waals surface area contributed by atoms with E-state index < -0.39 is 0 Å². The van der Waals surface area contributed by atoms with Crippen LogP contribution < -0.4 is 0 Å². The van der Waals surface area contributed by atoms with Gasteiger partial charge in [0.15, 0.2) is 0 Å². The minimum absolute atomic E-state index is 0.320. The lowest BCUT2D eigenvalue weighted by molar-refractivity contribution is -0.127. The number of carbonyl (C=O) groups excluding carboxylic acids is 1. The second-order valence-corrected chi connectivity index (χ2v) is 2.88. The Balaban J connectivity index is 2.10. The van der Waals surface area contributed by atoms with Crippen LogP contribution in [0, 0.1) is 0 Å². The van der Waals surface area contributed by atoms with E-state index >= 15 is 0 Å². The molecular formula is C8H15N2O-. The van der Waals surface area contributed by atoms with Gasteiger partial charge in [0, 0.05) is 19.5 Å². The molecule has 0 saturated carbocycles. The molecule has 1 saturated heterocycles. The molecule has 1 heterocycles. The zero-order chi connectivity index (χ0) is 8.10. The summed E-state index contributed by atoms with van der Waals surface area (Å²) in [6.07, 6.45) is 2.81. The maximum absolute atomic E-state index is 11.1. The Hall–Kier alpha value is -0.570. The quantitative estimate of drug-likeness (QED) is 0.558. The van der Waals surface area contributed by atoms with Crippen molar-refractivity contribution >= 4 is 5.91 Å². The van der Waals surface area contributed by atoms with Gasteiger partial charge in [-0.2, -0.15) is 7.05 Å². The van der Waals surface area contributed by atoms with Crippen molar-refractivity contribution in [3.8, 4) is 0 Å². The van der Waals surface area contributed by atoms with Gasteiger partial charge in [-0.1, -0.05) is 6.42 Å². The standard InChI is InChI=1S/C8H15N2O/c1-9-5-3-7-10-6-2-4-8(10)11/h2-7H2,1H3/q-1. The molecule has 64 valence electrons. The van der Waals surface area contributed by atoms with Crippen LogP contribution >= 0.6 is 0 Å². The molecule has 0 aromatic rings. The lowest BCUT2D eigenvalue weighted by Gasteiger charge is -2.17. The molecule has 1 rings (SSSR count). The fourth-order valence-electron chi connectivity index (χ4n) is 1.36. The molecule has 0 aromatic heterocycles. The number of nitrogens with zero attached hydrogens (tertiary/aromatic N) is 2. The highest BCUT2D eigenvalue weighted by atomic mass is 16.2. The van der Waals surface area contributed by atoms with Crippen LogP contribution in [-0.4, -0.2) is 37.5 Å². The summed E-state index contributed by atoms with van der Waals surface area (Å²) in [6.45, 7) is 2.74. The van der Waals surface area contributed by atoms with Gasteiger partial charge in [-0.05, 0) is 6.42 Å². The molecule has 0 N–H and O–H groups in total. The zero-order valence-corrected chi connectivity index (χ0v) is 7.05. The average Bonchev–Trinajstić information content (AvgIpc) is 2.37. The average molecular weight is 155 g/mol. The lowest BCUT2D eigenvalue weighted by Crippen LogP contribution is -2.26. The highest BCUT2D eigenvalue weighted by molar-refractivity contribution is 5.77. The summed E-state index contributed by atoms with van der Waals surface area (Å²) in [5.74, 6) is 0.320. The van der Waals surface area contributed by atoms with Crippen LogP contribution in [0.25, 0.3) is 5.32 Å². The normalized spacial score (nSPS) is 17.9. The molecule has 11 heavy (non-hydrogen) atoms. The number of carbonyl (C=O) groups is 1. The summed E-state index contributed by atoms with van der Waals surface area (Å²) in [6, 6.07) is 0. The SMILES string of the molecule is C[N-]CCCN1CCCC1=O. The third-order valence-electron chi connectivity index (χ3n) is 1.98. The summed E-state index contributed by atoms with van der Waals surface area (Å²) in [7, 11) is 1.81. The van der Waals surface area contributed by atoms with Crippen molar-refractivity contribution in [1.29, 1.82) is 0 Å². The summed E-state index contributed by atoms with van der Waals surface area (Å²) in [4.78, 5) is 13.0. The number of hydrogen-bond acceptors (Lipinski definition) is 1. The predicted molar refractivity (Wildman–Crippen MR) is 44.6 cm³/mol. The molecule has 1 fully saturated rings. The Morgan fingerprint density at radius 3 is 3.00 bits per heavy atom. The highest BCUT2D eigenvalue weighted by Crippen LogP contribution is 2.09. The molecule has 3 heteroatoms. The molecule has 1 amide bonds. The second kappa shape index (κ2) is 4.34. The first-order valence-electron chi connectivity index (χ1n) is 4.18. The number of rotatable bonds is 4. The van der Waals surface area contributed by atoms with Crippen molar-refractivity contribution in [3.05, 3.63) is 5.32 Å². The Labute approximate surface area is 67.8 Å². The van der Waals surface area contributed by atoms with E-state index in [9.17, 15) is 4.79 Å². The van der Waals surface area contributed by atoms with Crippen molar-refractivity contribution < 1.29 is 4.79 Å². The van der Waals surface area contributed by atoms with E-state index in [1.54, 1.807) is 0 Å². The van der Waals surface area contributed by atoms with Crippen LogP contribution in [-0.2, 0) is 4.79 Å². The largest absolute Gasteiger partial charge is 0.665 e. The Kier molecular flexibility index (Phi) is 3.36. The van der Waals surface area contributed by atoms with E-state index in [1.807, 2.05) is 11.9 Å². The molecule has 0 aromatic carbocycles. The fraction of sp³-hybridized carbons (Fsp3) is 0.875. The highest BCUT2D eigenvalue weighted by Gasteiger charge is 2.18. The van der Waals surface area contributed by atoms with Crippen LogP contribution in [0.5, 0.6) is 0 Å². The van der Waals surface area contributed by atoms with E-state index in [-0.39, 0.29) is 0 Å². The van der Waals surface area contributed by atoms with E-state index in [1.165, 1.54) is 0 Å². The van der Waals surface area contributed by atoms with E-state index in [0.29, 0.717) is 5.91 Å². The smallest absolute Gasteiger partial charge is 0.222 e. The summed E-state index contributed by atoms with van der Waals surface area (Å²) in [5, 5.41) is 3.98. The monoisotopic (exact) mass is 155 g/mol. The zero-order valence-electron chi connectivity index (χ0n) is 7.05. The minimum atomic E-state index is 0.320. The van der Waals surface area contributed by atoms with Gasteiger partial charge in [0.2, 0.25) is 5.91 Å². The molecule has 0 atom stereocenters. The van der Waals surface area contributed by atoms with Gasteiger partial charge in [0.1, 0.15) is 0 Å². The summed E-state index contributed by atoms with van der Waals surface area (Å²) < 4.78 is 0. The topological polar surface area (TPSA) is 34.4 Å². The Morgan fingerprint density at radius 1 is 1.64 bits per heavy atom. The molecule has 0 bridgehead atoms. The van der Waals surface area contributed by atoms with E-state index in [2.05, 4.69) is 5.32 Å². The molecule has 1 aliphatic heterocycles. The van der Waals surface area contributed by atoms with Crippen molar-refractivity contribution in [2.75, 3.05) is 26.7 Å². The number of hydrogen-bond donors (Lipinski definition) is 0. The first-order chi connectivity index (χ1) is 5.34. The minimum Gasteiger partial charge on any atom is -0.665 e. The molecule has 0 aliphatic carbocycles. The van der Waals surface area contributed by atoms with Crippen molar-refractivity contribution in [2.45, 2.75) is 19.3 Å². The van der Waals surface area contributed by atoms with Gasteiger partial charge in [-0.25, -0.2) is 0 Å². The van der Waals surface area contributed by atoms with E-state index in [4.69, 9.17) is 0 Å². The van der Waals surface area contributed by atoms with Crippen molar-refractivity contribution in [1.82, 2.24) is 4.90 Å². The van der Waals surface area contributed by atoms with Crippen molar-refractivity contribution in [2.24, 2.45) is 0 Å². The maximum Gasteiger partial charge on any atom is 0.222 e. The van der Waals surface area contributed by atoms with Gasteiger partial charge >= 0.3 is 0 Å². The first-order valence-corrected chi connectivity index (χ1v) is 4.18. The Bertz CT molecular complexity index is 136. The van der Waals surface area contributed by atoms with Gasteiger partial charge in [0.25, 0.3) is 0 Å². The lowest BCUT2D eigenvalue weighted by atomic mass is 10.4. The second-order valence-electron chi connectivity index (χ2n) is 2.88. The Morgan fingerprint density at radius 2 is 2.45 bits per heavy atom. The van der Waals surface area contributed by atoms with Gasteiger partial charge in [-0.15, -0.1) is 6.54 Å². The number of likely N-dealkylation sites (tertiary alicyclic amines) is 1. The third-order valence-corrected chi connectivity index (χ3v) is 1.98. The van der Waals surface area contributed by atoms with E-state index in [0.717, 1.165) is 38.9 Å². The number of amides is 1. The van der Waals surface area contributed by atoms with Crippen LogP contribution in [0.3, 0.4) is 0 Å². The molecule has 3 nitrogen and oxygen atoms in total. The van der Waals surface area contributed by atoms with Gasteiger partial charge in [-0.3, -0.25) is 4.79 Å². The predicted octanol–water partition coefficient (Wildman–Crippen LogP) is 1.00. The van der Waals surface area contributed by atoms with Crippen LogP contribution in [0.4, 0.5) is 0 Å². The molecular weight excluding hydrogens is 140 g/mol.